The van der Waals surface area contributed by atoms with Gasteiger partial charge in [-0.3, -0.25) is 0 Å². The van der Waals surface area contributed by atoms with Gasteiger partial charge in [-0.15, -0.1) is 0 Å². The number of nitrogens with zero attached hydrogens (tertiary/aromatic N) is 3. The maximum atomic E-state index is 6.10. The Bertz CT molecular complexity index is 779. The summed E-state index contributed by atoms with van der Waals surface area (Å²) in [6.45, 7) is 6.25. The predicted molar refractivity (Wildman–Crippen MR) is 92.2 cm³/mol. The number of rotatable bonds is 5. The summed E-state index contributed by atoms with van der Waals surface area (Å²) in [7, 11) is 0. The Hall–Kier alpha value is -2.27. The molecule has 0 saturated carbocycles. The van der Waals surface area contributed by atoms with Gasteiger partial charge in [0, 0.05) is 25.0 Å². The van der Waals surface area contributed by atoms with Gasteiger partial charge in [-0.1, -0.05) is 11.6 Å². The zero-order chi connectivity index (χ0) is 15.5. The van der Waals surface area contributed by atoms with Crippen LogP contribution in [0.1, 0.15) is 13.8 Å². The second-order valence-corrected chi connectivity index (χ2v) is 5.33. The molecule has 2 heterocycles. The summed E-state index contributed by atoms with van der Waals surface area (Å²) in [6.07, 6.45) is 1.69. The van der Waals surface area contributed by atoms with Crippen LogP contribution in [0.4, 0.5) is 17.5 Å². The van der Waals surface area contributed by atoms with Crippen molar-refractivity contribution in [1.82, 2.24) is 15.0 Å². The Labute approximate surface area is 134 Å². The monoisotopic (exact) mass is 315 g/mol. The fourth-order valence-electron chi connectivity index (χ4n) is 2.43. The number of aromatic amines is 1. The standard InChI is InChI=1S/C16H18ClN5/c1-3-22(4-2)11-7-8-13-14(10-11)20-16(19-13)21-15-12(17)6-5-9-18-15/h5-10H,3-4H2,1-2H3,(H2,18,19,20,21). The van der Waals surface area contributed by atoms with Gasteiger partial charge < -0.3 is 15.2 Å². The van der Waals surface area contributed by atoms with Crippen LogP contribution in [-0.4, -0.2) is 28.0 Å². The number of hydrogen-bond donors (Lipinski definition) is 2. The average Bonchev–Trinajstić information content (AvgIpc) is 2.92. The van der Waals surface area contributed by atoms with Gasteiger partial charge in [0.2, 0.25) is 5.95 Å². The summed E-state index contributed by atoms with van der Waals surface area (Å²) in [6, 6.07) is 9.81. The van der Waals surface area contributed by atoms with Crippen molar-refractivity contribution in [3.63, 3.8) is 0 Å². The number of pyridine rings is 1. The summed E-state index contributed by atoms with van der Waals surface area (Å²) in [4.78, 5) is 14.3. The Morgan fingerprint density at radius 2 is 2.05 bits per heavy atom. The van der Waals surface area contributed by atoms with Crippen LogP contribution >= 0.6 is 11.6 Å². The molecule has 0 saturated heterocycles. The van der Waals surface area contributed by atoms with Gasteiger partial charge in [-0.2, -0.15) is 0 Å². The van der Waals surface area contributed by atoms with E-state index in [1.807, 2.05) is 6.07 Å². The molecule has 0 atom stereocenters. The van der Waals surface area contributed by atoms with E-state index in [2.05, 4.69) is 51.1 Å². The summed E-state index contributed by atoms with van der Waals surface area (Å²) in [5.74, 6) is 1.22. The van der Waals surface area contributed by atoms with E-state index in [-0.39, 0.29) is 0 Å². The predicted octanol–water partition coefficient (Wildman–Crippen LogP) is 4.20. The Balaban J connectivity index is 1.91. The molecular formula is C16H18ClN5. The first-order valence-electron chi connectivity index (χ1n) is 7.33. The van der Waals surface area contributed by atoms with Crippen LogP contribution < -0.4 is 10.2 Å². The summed E-state index contributed by atoms with van der Waals surface area (Å²) in [5.41, 5.74) is 3.08. The van der Waals surface area contributed by atoms with Crippen molar-refractivity contribution >= 4 is 40.1 Å². The van der Waals surface area contributed by atoms with Crippen molar-refractivity contribution in [3.05, 3.63) is 41.6 Å². The first-order chi connectivity index (χ1) is 10.7. The van der Waals surface area contributed by atoms with E-state index in [9.17, 15) is 0 Å². The number of aromatic nitrogens is 3. The fraction of sp³-hybridized carbons (Fsp3) is 0.250. The molecule has 3 aromatic rings. The third-order valence-corrected chi connectivity index (χ3v) is 3.89. The molecule has 0 amide bonds. The minimum absolute atomic E-state index is 0.562. The lowest BCUT2D eigenvalue weighted by molar-refractivity contribution is 0.867. The van der Waals surface area contributed by atoms with Crippen LogP contribution in [0.15, 0.2) is 36.5 Å². The highest BCUT2D eigenvalue weighted by atomic mass is 35.5. The number of H-pyrrole nitrogens is 1. The maximum absolute atomic E-state index is 6.10. The molecular weight excluding hydrogens is 298 g/mol. The molecule has 2 N–H and O–H groups in total. The van der Waals surface area contributed by atoms with E-state index in [0.29, 0.717) is 16.8 Å². The minimum atomic E-state index is 0.562. The van der Waals surface area contributed by atoms with Gasteiger partial charge in [-0.05, 0) is 44.2 Å². The number of hydrogen-bond acceptors (Lipinski definition) is 4. The van der Waals surface area contributed by atoms with E-state index < -0.39 is 0 Å². The lowest BCUT2D eigenvalue weighted by Gasteiger charge is -2.20. The quantitative estimate of drug-likeness (QED) is 0.741. The summed E-state index contributed by atoms with van der Waals surface area (Å²) in [5, 5.41) is 3.68. The number of halogens is 1. The third kappa shape index (κ3) is 2.85. The van der Waals surface area contributed by atoms with Crippen molar-refractivity contribution in [1.29, 1.82) is 0 Å². The molecule has 1 aromatic carbocycles. The van der Waals surface area contributed by atoms with Gasteiger partial charge in [-0.25, -0.2) is 9.97 Å². The van der Waals surface area contributed by atoms with Crippen molar-refractivity contribution in [2.24, 2.45) is 0 Å². The second kappa shape index (κ2) is 6.23. The van der Waals surface area contributed by atoms with Gasteiger partial charge in [0.15, 0.2) is 5.82 Å². The topological polar surface area (TPSA) is 56.8 Å². The normalized spacial score (nSPS) is 10.9. The van der Waals surface area contributed by atoms with Gasteiger partial charge >= 0.3 is 0 Å². The molecule has 0 aliphatic rings. The summed E-state index contributed by atoms with van der Waals surface area (Å²) >= 11 is 6.10. The van der Waals surface area contributed by atoms with Crippen molar-refractivity contribution in [3.8, 4) is 0 Å². The van der Waals surface area contributed by atoms with Gasteiger partial charge in [0.1, 0.15) is 0 Å². The van der Waals surface area contributed by atoms with Crippen LogP contribution in [-0.2, 0) is 0 Å². The molecule has 0 unspecified atom stereocenters. The molecule has 0 aliphatic carbocycles. The molecule has 0 bridgehead atoms. The number of anilines is 3. The molecule has 6 heteroatoms. The van der Waals surface area contributed by atoms with E-state index in [4.69, 9.17) is 11.6 Å². The number of imidazole rings is 1. The average molecular weight is 316 g/mol. The number of nitrogens with one attached hydrogen (secondary N) is 2. The Morgan fingerprint density at radius 1 is 1.23 bits per heavy atom. The SMILES string of the molecule is CCN(CC)c1ccc2nc(Nc3ncccc3Cl)[nH]c2c1. The van der Waals surface area contributed by atoms with Crippen molar-refractivity contribution in [2.75, 3.05) is 23.3 Å². The first-order valence-corrected chi connectivity index (χ1v) is 7.71. The molecule has 5 nitrogen and oxygen atoms in total. The van der Waals surface area contributed by atoms with Crippen molar-refractivity contribution in [2.45, 2.75) is 13.8 Å². The highest BCUT2D eigenvalue weighted by Crippen LogP contribution is 2.25. The smallest absolute Gasteiger partial charge is 0.206 e. The maximum Gasteiger partial charge on any atom is 0.206 e. The van der Waals surface area contributed by atoms with E-state index in [0.717, 1.165) is 24.1 Å². The third-order valence-electron chi connectivity index (χ3n) is 3.59. The Morgan fingerprint density at radius 3 is 2.77 bits per heavy atom. The van der Waals surface area contributed by atoms with Crippen LogP contribution in [0.3, 0.4) is 0 Å². The van der Waals surface area contributed by atoms with Gasteiger partial charge in [0.25, 0.3) is 0 Å². The first kappa shape index (κ1) is 14.7. The summed E-state index contributed by atoms with van der Waals surface area (Å²) < 4.78 is 0. The lowest BCUT2D eigenvalue weighted by Crippen LogP contribution is -2.21. The Kier molecular flexibility index (Phi) is 4.15. The molecule has 0 aliphatic heterocycles. The minimum Gasteiger partial charge on any atom is -0.372 e. The van der Waals surface area contributed by atoms with Crippen LogP contribution in [0.25, 0.3) is 11.0 Å². The van der Waals surface area contributed by atoms with E-state index in [1.54, 1.807) is 18.3 Å². The highest BCUT2D eigenvalue weighted by Gasteiger charge is 2.08. The molecule has 0 radical (unpaired) electrons. The molecule has 0 spiro atoms. The largest absolute Gasteiger partial charge is 0.372 e. The fourth-order valence-corrected chi connectivity index (χ4v) is 2.60. The molecule has 3 rings (SSSR count). The zero-order valence-corrected chi connectivity index (χ0v) is 13.4. The molecule has 114 valence electrons. The van der Waals surface area contributed by atoms with Crippen molar-refractivity contribution < 1.29 is 0 Å². The van der Waals surface area contributed by atoms with Crippen LogP contribution in [0.2, 0.25) is 5.02 Å². The van der Waals surface area contributed by atoms with Crippen LogP contribution in [0, 0.1) is 0 Å². The number of fused-ring (bicyclic) bond motifs is 1. The molecule has 0 fully saturated rings. The second-order valence-electron chi connectivity index (χ2n) is 4.92. The van der Waals surface area contributed by atoms with E-state index >= 15 is 0 Å². The highest BCUT2D eigenvalue weighted by molar-refractivity contribution is 6.33. The van der Waals surface area contributed by atoms with E-state index in [1.165, 1.54) is 5.69 Å². The van der Waals surface area contributed by atoms with Crippen LogP contribution in [0.5, 0.6) is 0 Å². The number of benzene rings is 1. The lowest BCUT2D eigenvalue weighted by atomic mass is 10.2. The zero-order valence-electron chi connectivity index (χ0n) is 12.6. The molecule has 2 aromatic heterocycles. The molecule has 22 heavy (non-hydrogen) atoms. The van der Waals surface area contributed by atoms with Gasteiger partial charge in [0.05, 0.1) is 16.1 Å².